The topological polar surface area (TPSA) is 29.5 Å². The van der Waals surface area contributed by atoms with Crippen LogP contribution in [0.3, 0.4) is 0 Å². The van der Waals surface area contributed by atoms with Crippen molar-refractivity contribution in [3.05, 3.63) is 41.5 Å². The van der Waals surface area contributed by atoms with Gasteiger partial charge in [0.2, 0.25) is 0 Å². The molecule has 0 radical (unpaired) electrons. The van der Waals surface area contributed by atoms with Crippen molar-refractivity contribution < 1.29 is 9.53 Å². The molecule has 1 aliphatic rings. The fraction of sp³-hybridized carbons (Fsp3) is 0.591. The van der Waals surface area contributed by atoms with Gasteiger partial charge in [0, 0.05) is 13.1 Å². The van der Waals surface area contributed by atoms with Crippen molar-refractivity contribution in [2.45, 2.75) is 65.4 Å². The average molecular weight is 344 g/mol. The summed E-state index contributed by atoms with van der Waals surface area (Å²) in [5.41, 5.74) is 2.35. The highest BCUT2D eigenvalue weighted by molar-refractivity contribution is 5.68. The Labute approximate surface area is 153 Å². The molecular formula is C22H33NO2. The summed E-state index contributed by atoms with van der Waals surface area (Å²) in [6.07, 6.45) is 6.33. The molecule has 1 aromatic rings. The first-order chi connectivity index (χ1) is 11.5. The second-order valence-corrected chi connectivity index (χ2v) is 9.04. The Balaban J connectivity index is 1.90. The molecule has 25 heavy (non-hydrogen) atoms. The third-order valence-electron chi connectivity index (χ3n) is 4.50. The number of carbonyl (C=O) groups is 1. The number of ether oxygens (including phenoxy) is 1. The van der Waals surface area contributed by atoms with Gasteiger partial charge in [-0.2, -0.15) is 0 Å². The highest BCUT2D eigenvalue weighted by Crippen LogP contribution is 2.25. The van der Waals surface area contributed by atoms with Gasteiger partial charge in [0.15, 0.2) is 0 Å². The largest absolute Gasteiger partial charge is 0.444 e. The molecule has 0 unspecified atom stereocenters. The van der Waals surface area contributed by atoms with Gasteiger partial charge < -0.3 is 9.64 Å². The van der Waals surface area contributed by atoms with E-state index in [-0.39, 0.29) is 11.5 Å². The van der Waals surface area contributed by atoms with Gasteiger partial charge in [-0.25, -0.2) is 4.79 Å². The van der Waals surface area contributed by atoms with Crippen molar-refractivity contribution in [1.82, 2.24) is 4.90 Å². The minimum atomic E-state index is -0.425. The number of rotatable bonds is 2. The van der Waals surface area contributed by atoms with E-state index in [1.807, 2.05) is 25.7 Å². The summed E-state index contributed by atoms with van der Waals surface area (Å²) >= 11 is 0. The standard InChI is InChI=1S/C22H33NO2/c1-21(2,3)19-9-7-8-18(16-19)11-10-17-12-14-23(15-13-17)20(24)25-22(4,5)6/h7-11,16-17H,12-15H2,1-6H3. The van der Waals surface area contributed by atoms with Gasteiger partial charge in [-0.05, 0) is 56.1 Å². The molecule has 0 spiro atoms. The summed E-state index contributed by atoms with van der Waals surface area (Å²) < 4.78 is 5.46. The molecule has 0 atom stereocenters. The van der Waals surface area contributed by atoms with Crippen LogP contribution in [-0.4, -0.2) is 29.7 Å². The Morgan fingerprint density at radius 1 is 1.12 bits per heavy atom. The van der Waals surface area contributed by atoms with Crippen molar-refractivity contribution in [2.24, 2.45) is 5.92 Å². The number of piperidine rings is 1. The van der Waals surface area contributed by atoms with Crippen LogP contribution in [-0.2, 0) is 10.2 Å². The van der Waals surface area contributed by atoms with Crippen LogP contribution in [0.15, 0.2) is 30.3 Å². The van der Waals surface area contributed by atoms with Gasteiger partial charge in [0.05, 0.1) is 0 Å². The molecule has 3 heteroatoms. The van der Waals surface area contributed by atoms with Gasteiger partial charge in [-0.15, -0.1) is 0 Å². The minimum Gasteiger partial charge on any atom is -0.444 e. The molecule has 1 saturated heterocycles. The van der Waals surface area contributed by atoms with Crippen molar-refractivity contribution in [1.29, 1.82) is 0 Å². The molecule has 1 fully saturated rings. The Kier molecular flexibility index (Phi) is 5.97. The van der Waals surface area contributed by atoms with E-state index in [1.54, 1.807) is 0 Å². The number of hydrogen-bond donors (Lipinski definition) is 0. The zero-order valence-electron chi connectivity index (χ0n) is 16.6. The quantitative estimate of drug-likeness (QED) is 0.695. The molecule has 1 aliphatic heterocycles. The second-order valence-electron chi connectivity index (χ2n) is 9.04. The molecule has 0 aromatic heterocycles. The Hall–Kier alpha value is -1.77. The Morgan fingerprint density at radius 3 is 2.32 bits per heavy atom. The fourth-order valence-electron chi connectivity index (χ4n) is 2.96. The van der Waals surface area contributed by atoms with Crippen LogP contribution in [0.5, 0.6) is 0 Å². The van der Waals surface area contributed by atoms with Gasteiger partial charge in [0.25, 0.3) is 0 Å². The molecule has 1 aromatic carbocycles. The lowest BCUT2D eigenvalue weighted by Crippen LogP contribution is -2.41. The van der Waals surface area contributed by atoms with Crippen LogP contribution in [0, 0.1) is 5.92 Å². The van der Waals surface area contributed by atoms with Crippen molar-refractivity contribution in [3.63, 3.8) is 0 Å². The zero-order chi connectivity index (χ0) is 18.7. The van der Waals surface area contributed by atoms with E-state index in [4.69, 9.17) is 4.74 Å². The van der Waals surface area contributed by atoms with Crippen LogP contribution < -0.4 is 0 Å². The monoisotopic (exact) mass is 343 g/mol. The maximum Gasteiger partial charge on any atom is 0.410 e. The van der Waals surface area contributed by atoms with Crippen LogP contribution in [0.1, 0.15) is 65.5 Å². The van der Waals surface area contributed by atoms with E-state index in [9.17, 15) is 4.79 Å². The highest BCUT2D eigenvalue weighted by atomic mass is 16.6. The van der Waals surface area contributed by atoms with E-state index >= 15 is 0 Å². The number of allylic oxidation sites excluding steroid dienone is 1. The van der Waals surface area contributed by atoms with E-state index in [0.717, 1.165) is 25.9 Å². The maximum atomic E-state index is 12.1. The summed E-state index contributed by atoms with van der Waals surface area (Å²) in [7, 11) is 0. The fourth-order valence-corrected chi connectivity index (χ4v) is 2.96. The summed E-state index contributed by atoms with van der Waals surface area (Å²) in [6, 6.07) is 8.75. The molecule has 1 amide bonds. The lowest BCUT2D eigenvalue weighted by atomic mass is 9.86. The third-order valence-corrected chi connectivity index (χ3v) is 4.50. The molecular weight excluding hydrogens is 310 g/mol. The Bertz CT molecular complexity index is 612. The third kappa shape index (κ3) is 6.22. The van der Waals surface area contributed by atoms with Crippen LogP contribution in [0.4, 0.5) is 4.79 Å². The average Bonchev–Trinajstić information content (AvgIpc) is 2.51. The first kappa shape index (κ1) is 19.6. The van der Waals surface area contributed by atoms with Gasteiger partial charge in [0.1, 0.15) is 5.60 Å². The molecule has 0 aliphatic carbocycles. The number of likely N-dealkylation sites (tertiary alicyclic amines) is 1. The first-order valence-corrected chi connectivity index (χ1v) is 9.31. The summed E-state index contributed by atoms with van der Waals surface area (Å²) in [5, 5.41) is 0. The van der Waals surface area contributed by atoms with Crippen molar-refractivity contribution >= 4 is 12.2 Å². The van der Waals surface area contributed by atoms with Crippen LogP contribution in [0.25, 0.3) is 6.08 Å². The first-order valence-electron chi connectivity index (χ1n) is 9.31. The summed E-state index contributed by atoms with van der Waals surface area (Å²) in [4.78, 5) is 13.9. The van der Waals surface area contributed by atoms with Crippen LogP contribution in [0.2, 0.25) is 0 Å². The molecule has 0 saturated carbocycles. The molecule has 2 rings (SSSR count). The minimum absolute atomic E-state index is 0.169. The van der Waals surface area contributed by atoms with E-state index in [0.29, 0.717) is 5.92 Å². The van der Waals surface area contributed by atoms with Gasteiger partial charge in [-0.1, -0.05) is 57.2 Å². The number of benzene rings is 1. The highest BCUT2D eigenvalue weighted by Gasteiger charge is 2.25. The number of nitrogens with zero attached hydrogens (tertiary/aromatic N) is 1. The molecule has 1 heterocycles. The summed E-state index contributed by atoms with van der Waals surface area (Å²) in [5.74, 6) is 0.525. The van der Waals surface area contributed by atoms with Gasteiger partial charge >= 0.3 is 6.09 Å². The van der Waals surface area contributed by atoms with E-state index in [1.165, 1.54) is 11.1 Å². The zero-order valence-corrected chi connectivity index (χ0v) is 16.6. The summed E-state index contributed by atoms with van der Waals surface area (Å²) in [6.45, 7) is 14.0. The van der Waals surface area contributed by atoms with Crippen molar-refractivity contribution in [3.8, 4) is 0 Å². The SMILES string of the molecule is CC(C)(C)OC(=O)N1CCC(C=Cc2cccc(C(C)(C)C)c2)CC1. The molecule has 0 bridgehead atoms. The Morgan fingerprint density at radius 2 is 1.76 bits per heavy atom. The predicted molar refractivity (Wildman–Crippen MR) is 105 cm³/mol. The van der Waals surface area contributed by atoms with Gasteiger partial charge in [-0.3, -0.25) is 0 Å². The molecule has 3 nitrogen and oxygen atoms in total. The lowest BCUT2D eigenvalue weighted by Gasteiger charge is -2.32. The number of carbonyl (C=O) groups excluding carboxylic acids is 1. The normalized spacial score (nSPS) is 17.1. The predicted octanol–water partition coefficient (Wildman–Crippen LogP) is 5.64. The second kappa shape index (κ2) is 7.63. The lowest BCUT2D eigenvalue weighted by molar-refractivity contribution is 0.0197. The maximum absolute atomic E-state index is 12.1. The number of amides is 1. The number of hydrogen-bond acceptors (Lipinski definition) is 2. The van der Waals surface area contributed by atoms with E-state index in [2.05, 4.69) is 57.2 Å². The van der Waals surface area contributed by atoms with E-state index < -0.39 is 5.60 Å². The smallest absolute Gasteiger partial charge is 0.410 e. The van der Waals surface area contributed by atoms with Crippen LogP contribution >= 0.6 is 0 Å². The molecule has 0 N–H and O–H groups in total. The van der Waals surface area contributed by atoms with Crippen molar-refractivity contribution in [2.75, 3.05) is 13.1 Å². The molecule has 138 valence electrons.